The fourth-order valence-corrected chi connectivity index (χ4v) is 1.26. The van der Waals surface area contributed by atoms with Crippen molar-refractivity contribution in [2.24, 2.45) is 16.7 Å². The molecule has 0 atom stereocenters. The van der Waals surface area contributed by atoms with E-state index < -0.39 is 0 Å². The Morgan fingerprint density at radius 2 is 2.21 bits per heavy atom. The highest BCUT2D eigenvalue weighted by molar-refractivity contribution is 5.77. The Hall–Kier alpha value is -1.71. The van der Waals surface area contributed by atoms with Crippen LogP contribution in [0, 0.1) is 6.92 Å². The molecule has 0 unspecified atom stereocenters. The Morgan fingerprint density at radius 3 is 2.79 bits per heavy atom. The first-order valence-corrected chi connectivity index (χ1v) is 4.43. The number of hydrazone groups is 1. The summed E-state index contributed by atoms with van der Waals surface area (Å²) >= 11 is 0. The van der Waals surface area contributed by atoms with Gasteiger partial charge in [-0.1, -0.05) is 29.8 Å². The average molecular weight is 192 g/mol. The minimum absolute atomic E-state index is 0.339. The molecular weight excluding hydrogens is 176 g/mol. The Bertz CT molecular complexity index is 333. The van der Waals surface area contributed by atoms with Crippen LogP contribution in [0.25, 0.3) is 0 Å². The minimum Gasteiger partial charge on any atom is -0.368 e. The highest BCUT2D eigenvalue weighted by Crippen LogP contribution is 2.05. The topological polar surface area (TPSA) is 67.6 Å². The average Bonchev–Trinajstić information content (AvgIpc) is 2.16. The number of hydrogen-bond acceptors (Lipinski definition) is 2. The van der Waals surface area contributed by atoms with E-state index in [4.69, 9.17) is 11.6 Å². The van der Waals surface area contributed by atoms with Crippen molar-refractivity contribution in [3.63, 3.8) is 0 Å². The number of aryl methyl sites for hydroxylation is 1. The third-order valence-corrected chi connectivity index (χ3v) is 2.03. The van der Waals surface area contributed by atoms with E-state index in [1.807, 2.05) is 19.2 Å². The van der Waals surface area contributed by atoms with E-state index in [-0.39, 0.29) is 0 Å². The standard InChI is InChI=1S/C10H16N4/c1-8-4-3-5-9(6-8)7-14(2)10(11)13-12/h3-6H,7,12H2,1-2H3,(H2,11,13). The molecule has 0 aliphatic heterocycles. The maximum absolute atomic E-state index is 5.55. The lowest BCUT2D eigenvalue weighted by atomic mass is 10.1. The van der Waals surface area contributed by atoms with Crippen LogP contribution in [0.4, 0.5) is 0 Å². The van der Waals surface area contributed by atoms with Crippen LogP contribution in [0.5, 0.6) is 0 Å². The van der Waals surface area contributed by atoms with Crippen molar-refractivity contribution >= 4 is 5.96 Å². The van der Waals surface area contributed by atoms with E-state index in [1.54, 1.807) is 4.90 Å². The molecule has 76 valence electrons. The van der Waals surface area contributed by atoms with Gasteiger partial charge in [-0.15, -0.1) is 5.10 Å². The molecule has 1 rings (SSSR count). The predicted molar refractivity (Wildman–Crippen MR) is 58.5 cm³/mol. The lowest BCUT2D eigenvalue weighted by Gasteiger charge is -2.17. The van der Waals surface area contributed by atoms with Gasteiger partial charge in [0.2, 0.25) is 5.96 Å². The van der Waals surface area contributed by atoms with E-state index in [1.165, 1.54) is 11.1 Å². The van der Waals surface area contributed by atoms with Crippen molar-refractivity contribution in [3.8, 4) is 0 Å². The van der Waals surface area contributed by atoms with Crippen molar-refractivity contribution in [2.45, 2.75) is 13.5 Å². The highest BCUT2D eigenvalue weighted by Gasteiger charge is 2.02. The lowest BCUT2D eigenvalue weighted by Crippen LogP contribution is -2.34. The Kier molecular flexibility index (Phi) is 3.34. The van der Waals surface area contributed by atoms with E-state index in [0.29, 0.717) is 12.5 Å². The monoisotopic (exact) mass is 192 g/mol. The molecule has 0 spiro atoms. The molecule has 0 radical (unpaired) electrons. The van der Waals surface area contributed by atoms with Gasteiger partial charge in [0.25, 0.3) is 0 Å². The van der Waals surface area contributed by atoms with Crippen LogP contribution >= 0.6 is 0 Å². The number of hydrogen-bond donors (Lipinski definition) is 2. The highest BCUT2D eigenvalue weighted by atomic mass is 15.3. The van der Waals surface area contributed by atoms with Crippen molar-refractivity contribution < 1.29 is 0 Å². The summed E-state index contributed by atoms with van der Waals surface area (Å²) in [6.07, 6.45) is 0. The van der Waals surface area contributed by atoms with E-state index in [2.05, 4.69) is 24.2 Å². The van der Waals surface area contributed by atoms with Gasteiger partial charge in [0.1, 0.15) is 0 Å². The van der Waals surface area contributed by atoms with Crippen molar-refractivity contribution in [1.82, 2.24) is 4.90 Å². The molecule has 1 aromatic carbocycles. The molecule has 0 saturated heterocycles. The van der Waals surface area contributed by atoms with Gasteiger partial charge in [0.05, 0.1) is 0 Å². The molecule has 0 bridgehead atoms. The summed E-state index contributed by atoms with van der Waals surface area (Å²) in [5.74, 6) is 5.42. The lowest BCUT2D eigenvalue weighted by molar-refractivity contribution is 0.492. The summed E-state index contributed by atoms with van der Waals surface area (Å²) in [6.45, 7) is 2.78. The number of nitrogens with zero attached hydrogens (tertiary/aromatic N) is 2. The Morgan fingerprint density at radius 1 is 1.50 bits per heavy atom. The Labute approximate surface area is 84.2 Å². The molecule has 0 amide bonds. The molecule has 4 N–H and O–H groups in total. The molecule has 4 heteroatoms. The van der Waals surface area contributed by atoms with Gasteiger partial charge >= 0.3 is 0 Å². The van der Waals surface area contributed by atoms with E-state index in [9.17, 15) is 0 Å². The molecule has 1 aromatic rings. The van der Waals surface area contributed by atoms with Gasteiger partial charge in [-0.2, -0.15) is 0 Å². The summed E-state index contributed by atoms with van der Waals surface area (Å²) in [7, 11) is 1.86. The molecule has 0 saturated carbocycles. The zero-order valence-electron chi connectivity index (χ0n) is 8.57. The number of benzene rings is 1. The van der Waals surface area contributed by atoms with Crippen molar-refractivity contribution in [3.05, 3.63) is 35.4 Å². The third-order valence-electron chi connectivity index (χ3n) is 2.03. The van der Waals surface area contributed by atoms with Gasteiger partial charge < -0.3 is 16.5 Å². The van der Waals surface area contributed by atoms with Crippen LogP contribution in [-0.4, -0.2) is 17.9 Å². The summed E-state index contributed by atoms with van der Waals surface area (Å²) < 4.78 is 0. The van der Waals surface area contributed by atoms with Crippen molar-refractivity contribution in [1.29, 1.82) is 0 Å². The van der Waals surface area contributed by atoms with Crippen LogP contribution in [0.3, 0.4) is 0 Å². The first-order chi connectivity index (χ1) is 6.63. The second-order valence-corrected chi connectivity index (χ2v) is 3.33. The van der Waals surface area contributed by atoms with Gasteiger partial charge in [-0.05, 0) is 12.5 Å². The largest absolute Gasteiger partial charge is 0.368 e. The molecule has 0 fully saturated rings. The smallest absolute Gasteiger partial charge is 0.213 e. The maximum Gasteiger partial charge on any atom is 0.213 e. The molecule has 14 heavy (non-hydrogen) atoms. The van der Waals surface area contributed by atoms with E-state index in [0.717, 1.165) is 0 Å². The quantitative estimate of drug-likeness (QED) is 0.312. The van der Waals surface area contributed by atoms with Gasteiger partial charge in [-0.25, -0.2) is 0 Å². The first-order valence-electron chi connectivity index (χ1n) is 4.43. The van der Waals surface area contributed by atoms with Crippen LogP contribution in [0.15, 0.2) is 29.4 Å². The second-order valence-electron chi connectivity index (χ2n) is 3.33. The fourth-order valence-electron chi connectivity index (χ4n) is 1.26. The number of guanidine groups is 1. The van der Waals surface area contributed by atoms with E-state index >= 15 is 0 Å². The molecule has 0 aliphatic rings. The van der Waals surface area contributed by atoms with Gasteiger partial charge in [-0.3, -0.25) is 0 Å². The summed E-state index contributed by atoms with van der Waals surface area (Å²) in [5, 5.41) is 3.43. The summed E-state index contributed by atoms with van der Waals surface area (Å²) in [4.78, 5) is 1.80. The zero-order valence-corrected chi connectivity index (χ0v) is 8.57. The molecule has 4 nitrogen and oxygen atoms in total. The molecular formula is C10H16N4. The molecule has 0 aliphatic carbocycles. The fraction of sp³-hybridized carbons (Fsp3) is 0.300. The predicted octanol–water partition coefficient (Wildman–Crippen LogP) is 0.615. The van der Waals surface area contributed by atoms with Gasteiger partial charge in [0.15, 0.2) is 0 Å². The second kappa shape index (κ2) is 4.50. The molecule has 0 aromatic heterocycles. The number of nitrogens with two attached hydrogens (primary N) is 2. The van der Waals surface area contributed by atoms with Crippen LogP contribution in [0.2, 0.25) is 0 Å². The Balaban J connectivity index is 2.69. The zero-order chi connectivity index (χ0) is 10.6. The SMILES string of the molecule is Cc1cccc(CN(C)/C(N)=N/N)c1. The minimum atomic E-state index is 0.339. The van der Waals surface area contributed by atoms with Crippen LogP contribution in [0.1, 0.15) is 11.1 Å². The normalized spacial score (nSPS) is 11.4. The summed E-state index contributed by atoms with van der Waals surface area (Å²) in [6, 6.07) is 8.24. The van der Waals surface area contributed by atoms with Crippen LogP contribution < -0.4 is 11.6 Å². The third kappa shape index (κ3) is 2.65. The summed E-state index contributed by atoms with van der Waals surface area (Å²) in [5.41, 5.74) is 7.98. The maximum atomic E-state index is 5.55. The first kappa shape index (κ1) is 10.4. The molecule has 0 heterocycles. The van der Waals surface area contributed by atoms with Gasteiger partial charge in [0, 0.05) is 13.6 Å². The van der Waals surface area contributed by atoms with Crippen molar-refractivity contribution in [2.75, 3.05) is 7.05 Å². The number of rotatable bonds is 2. The van der Waals surface area contributed by atoms with Crippen LogP contribution in [-0.2, 0) is 6.54 Å².